The Labute approximate surface area is 186 Å². The number of methoxy groups -OCH3 is 1. The monoisotopic (exact) mass is 429 g/mol. The van der Waals surface area contributed by atoms with Crippen LogP contribution >= 0.6 is 0 Å². The minimum absolute atomic E-state index is 0.173. The molecule has 4 rings (SSSR count). The SMILES string of the molecule is COc1ccc([C@@H](C(=O)Nc2ccc(NC(C)=O)cc2)N2Cc3ccccc3C2=O)cc1. The zero-order chi connectivity index (χ0) is 22.7. The van der Waals surface area contributed by atoms with E-state index in [0.717, 1.165) is 5.56 Å². The van der Waals surface area contributed by atoms with Crippen LogP contribution in [0, 0.1) is 0 Å². The van der Waals surface area contributed by atoms with E-state index < -0.39 is 6.04 Å². The normalized spacial score (nSPS) is 13.3. The molecule has 0 radical (unpaired) electrons. The fraction of sp³-hybridized carbons (Fsp3) is 0.160. The molecule has 0 unspecified atom stereocenters. The number of carbonyl (C=O) groups excluding carboxylic acids is 3. The van der Waals surface area contributed by atoms with E-state index in [0.29, 0.717) is 34.8 Å². The van der Waals surface area contributed by atoms with E-state index in [1.54, 1.807) is 66.6 Å². The van der Waals surface area contributed by atoms with Gasteiger partial charge in [0.25, 0.3) is 11.8 Å². The van der Waals surface area contributed by atoms with Gasteiger partial charge in [0.1, 0.15) is 11.8 Å². The van der Waals surface area contributed by atoms with Crippen LogP contribution in [0.5, 0.6) is 5.75 Å². The molecule has 7 heteroatoms. The Bertz CT molecular complexity index is 1160. The third-order valence-electron chi connectivity index (χ3n) is 5.31. The molecule has 2 N–H and O–H groups in total. The molecule has 0 fully saturated rings. The predicted molar refractivity (Wildman–Crippen MR) is 121 cm³/mol. The number of benzene rings is 3. The molecular weight excluding hydrogens is 406 g/mol. The van der Waals surface area contributed by atoms with Crippen LogP contribution in [0.3, 0.4) is 0 Å². The number of fused-ring (bicyclic) bond motifs is 1. The summed E-state index contributed by atoms with van der Waals surface area (Å²) in [6, 6.07) is 20.5. The molecule has 1 heterocycles. The molecule has 7 nitrogen and oxygen atoms in total. The first-order chi connectivity index (χ1) is 15.5. The standard InChI is InChI=1S/C25H23N3O4/c1-16(29)26-19-9-11-20(12-10-19)27-24(30)23(17-7-13-21(32-2)14-8-17)28-15-18-5-3-4-6-22(18)25(28)31/h3-14,23H,15H2,1-2H3,(H,26,29)(H,27,30)/t23-/m0/s1. The van der Waals surface area contributed by atoms with Gasteiger partial charge >= 0.3 is 0 Å². The molecule has 3 amide bonds. The molecule has 3 aromatic carbocycles. The Hall–Kier alpha value is -4.13. The topological polar surface area (TPSA) is 87.7 Å². The minimum atomic E-state index is -0.823. The lowest BCUT2D eigenvalue weighted by Crippen LogP contribution is -2.37. The fourth-order valence-corrected chi connectivity index (χ4v) is 3.80. The average molecular weight is 429 g/mol. The zero-order valence-corrected chi connectivity index (χ0v) is 17.8. The van der Waals surface area contributed by atoms with Crippen molar-refractivity contribution in [3.8, 4) is 5.75 Å². The van der Waals surface area contributed by atoms with Crippen molar-refractivity contribution in [2.24, 2.45) is 0 Å². The summed E-state index contributed by atoms with van der Waals surface area (Å²) in [7, 11) is 1.57. The number of carbonyl (C=O) groups is 3. The van der Waals surface area contributed by atoms with Crippen LogP contribution in [-0.2, 0) is 16.1 Å². The van der Waals surface area contributed by atoms with E-state index in [2.05, 4.69) is 10.6 Å². The number of ether oxygens (including phenoxy) is 1. The molecule has 0 aliphatic carbocycles. The van der Waals surface area contributed by atoms with E-state index in [4.69, 9.17) is 4.74 Å². The number of amides is 3. The first kappa shape index (κ1) is 21.1. The van der Waals surface area contributed by atoms with Crippen LogP contribution < -0.4 is 15.4 Å². The van der Waals surface area contributed by atoms with Gasteiger partial charge in [-0.3, -0.25) is 14.4 Å². The van der Waals surface area contributed by atoms with Crippen molar-refractivity contribution >= 4 is 29.1 Å². The zero-order valence-electron chi connectivity index (χ0n) is 17.8. The molecule has 0 spiro atoms. The molecular formula is C25H23N3O4. The number of anilines is 2. The third-order valence-corrected chi connectivity index (χ3v) is 5.31. The van der Waals surface area contributed by atoms with Crippen molar-refractivity contribution in [3.63, 3.8) is 0 Å². The number of hydrogen-bond acceptors (Lipinski definition) is 4. The van der Waals surface area contributed by atoms with E-state index in [9.17, 15) is 14.4 Å². The highest BCUT2D eigenvalue weighted by atomic mass is 16.5. The van der Waals surface area contributed by atoms with Gasteiger partial charge in [0.2, 0.25) is 5.91 Å². The lowest BCUT2D eigenvalue weighted by atomic mass is 10.0. The molecule has 0 saturated carbocycles. The highest BCUT2D eigenvalue weighted by Gasteiger charge is 2.37. The summed E-state index contributed by atoms with van der Waals surface area (Å²) in [6.07, 6.45) is 0. The lowest BCUT2D eigenvalue weighted by molar-refractivity contribution is -0.120. The van der Waals surface area contributed by atoms with Crippen LogP contribution in [0.15, 0.2) is 72.8 Å². The molecule has 0 aromatic heterocycles. The van der Waals surface area contributed by atoms with Crippen LogP contribution in [0.4, 0.5) is 11.4 Å². The number of hydrogen-bond donors (Lipinski definition) is 2. The molecule has 32 heavy (non-hydrogen) atoms. The van der Waals surface area contributed by atoms with Crippen LogP contribution in [0.1, 0.15) is 34.5 Å². The quantitative estimate of drug-likeness (QED) is 0.620. The molecule has 3 aromatic rings. The molecule has 1 atom stereocenters. The van der Waals surface area contributed by atoms with E-state index in [-0.39, 0.29) is 17.7 Å². The maximum atomic E-state index is 13.4. The maximum absolute atomic E-state index is 13.4. The fourth-order valence-electron chi connectivity index (χ4n) is 3.80. The van der Waals surface area contributed by atoms with Crippen LogP contribution in [0.2, 0.25) is 0 Å². The van der Waals surface area contributed by atoms with Gasteiger partial charge in [-0.2, -0.15) is 0 Å². The first-order valence-corrected chi connectivity index (χ1v) is 10.2. The lowest BCUT2D eigenvalue weighted by Gasteiger charge is -2.27. The number of nitrogens with zero attached hydrogens (tertiary/aromatic N) is 1. The highest BCUT2D eigenvalue weighted by Crippen LogP contribution is 2.33. The average Bonchev–Trinajstić information content (AvgIpc) is 3.12. The Balaban J connectivity index is 1.62. The van der Waals surface area contributed by atoms with Gasteiger partial charge in [0.15, 0.2) is 0 Å². The van der Waals surface area contributed by atoms with Gasteiger partial charge in [0, 0.05) is 30.4 Å². The summed E-state index contributed by atoms with van der Waals surface area (Å²) in [5.41, 5.74) is 3.38. The van der Waals surface area contributed by atoms with Gasteiger partial charge < -0.3 is 20.3 Å². The van der Waals surface area contributed by atoms with Crippen molar-refractivity contribution in [1.82, 2.24) is 4.90 Å². The smallest absolute Gasteiger partial charge is 0.255 e. The van der Waals surface area contributed by atoms with Crippen molar-refractivity contribution < 1.29 is 19.1 Å². The van der Waals surface area contributed by atoms with Crippen molar-refractivity contribution in [1.29, 1.82) is 0 Å². The second-order valence-electron chi connectivity index (χ2n) is 7.51. The van der Waals surface area contributed by atoms with Crippen LogP contribution in [-0.4, -0.2) is 29.7 Å². The van der Waals surface area contributed by atoms with Gasteiger partial charge in [-0.05, 0) is 53.6 Å². The predicted octanol–water partition coefficient (Wildman–Crippen LogP) is 3.99. The molecule has 162 valence electrons. The van der Waals surface area contributed by atoms with Gasteiger partial charge in [-0.1, -0.05) is 30.3 Å². The molecule has 1 aliphatic heterocycles. The Kier molecular flexibility index (Phi) is 5.89. The maximum Gasteiger partial charge on any atom is 0.255 e. The molecule has 0 saturated heterocycles. The van der Waals surface area contributed by atoms with E-state index in [1.807, 2.05) is 18.2 Å². The second kappa shape index (κ2) is 8.93. The highest BCUT2D eigenvalue weighted by molar-refractivity contribution is 6.04. The molecule has 1 aliphatic rings. The second-order valence-corrected chi connectivity index (χ2v) is 7.51. The number of rotatable bonds is 6. The summed E-state index contributed by atoms with van der Waals surface area (Å²) < 4.78 is 5.23. The molecule has 0 bridgehead atoms. The summed E-state index contributed by atoms with van der Waals surface area (Å²) in [5, 5.41) is 5.59. The summed E-state index contributed by atoms with van der Waals surface area (Å²) in [6.45, 7) is 1.78. The Morgan fingerprint density at radius 2 is 1.53 bits per heavy atom. The van der Waals surface area contributed by atoms with E-state index in [1.165, 1.54) is 6.92 Å². The minimum Gasteiger partial charge on any atom is -0.497 e. The van der Waals surface area contributed by atoms with Gasteiger partial charge in [0.05, 0.1) is 7.11 Å². The van der Waals surface area contributed by atoms with Gasteiger partial charge in [-0.25, -0.2) is 0 Å². The summed E-state index contributed by atoms with van der Waals surface area (Å²) >= 11 is 0. The summed E-state index contributed by atoms with van der Waals surface area (Å²) in [4.78, 5) is 39.3. The van der Waals surface area contributed by atoms with Gasteiger partial charge in [-0.15, -0.1) is 0 Å². The summed E-state index contributed by atoms with van der Waals surface area (Å²) in [5.74, 6) is -0.0212. The van der Waals surface area contributed by atoms with Crippen molar-refractivity contribution in [2.75, 3.05) is 17.7 Å². The van der Waals surface area contributed by atoms with Crippen molar-refractivity contribution in [2.45, 2.75) is 19.5 Å². The Morgan fingerprint density at radius 3 is 2.12 bits per heavy atom. The van der Waals surface area contributed by atoms with Crippen molar-refractivity contribution in [3.05, 3.63) is 89.5 Å². The number of nitrogens with one attached hydrogen (secondary N) is 2. The van der Waals surface area contributed by atoms with E-state index >= 15 is 0 Å². The largest absolute Gasteiger partial charge is 0.497 e. The first-order valence-electron chi connectivity index (χ1n) is 10.2. The Morgan fingerprint density at radius 1 is 0.906 bits per heavy atom. The third kappa shape index (κ3) is 4.32. The van der Waals surface area contributed by atoms with Crippen LogP contribution in [0.25, 0.3) is 0 Å².